The summed E-state index contributed by atoms with van der Waals surface area (Å²) in [7, 11) is 0. The first-order valence-electron chi connectivity index (χ1n) is 5.84. The van der Waals surface area contributed by atoms with E-state index in [1.165, 1.54) is 11.3 Å². The molecular formula is C14H12ClN3S. The number of hydrogen-bond donors (Lipinski definition) is 1. The first kappa shape index (κ1) is 12.4. The van der Waals surface area contributed by atoms with Gasteiger partial charge in [-0.1, -0.05) is 23.7 Å². The van der Waals surface area contributed by atoms with Crippen molar-refractivity contribution >= 4 is 39.7 Å². The van der Waals surface area contributed by atoms with E-state index in [4.69, 9.17) is 17.3 Å². The van der Waals surface area contributed by atoms with Gasteiger partial charge in [-0.25, -0.2) is 9.97 Å². The number of aromatic nitrogens is 2. The van der Waals surface area contributed by atoms with Crippen LogP contribution in [0.15, 0.2) is 23.6 Å². The number of benzene rings is 1. The third kappa shape index (κ3) is 1.97. The highest BCUT2D eigenvalue weighted by atomic mass is 35.5. The fraction of sp³-hybridized carbons (Fsp3) is 0.143. The molecule has 0 amide bonds. The Bertz CT molecular complexity index is 780. The Kier molecular flexibility index (Phi) is 2.92. The average molecular weight is 290 g/mol. The van der Waals surface area contributed by atoms with Crippen molar-refractivity contribution in [3.05, 3.63) is 39.7 Å². The molecule has 3 rings (SSSR count). The van der Waals surface area contributed by atoms with Crippen LogP contribution in [0, 0.1) is 13.8 Å². The molecule has 0 saturated carbocycles. The summed E-state index contributed by atoms with van der Waals surface area (Å²) >= 11 is 7.81. The fourth-order valence-electron chi connectivity index (χ4n) is 2.07. The molecule has 2 aromatic heterocycles. The van der Waals surface area contributed by atoms with Gasteiger partial charge in [-0.15, -0.1) is 11.3 Å². The minimum absolute atomic E-state index is 0.500. The van der Waals surface area contributed by atoms with Crippen LogP contribution in [-0.4, -0.2) is 9.97 Å². The molecule has 19 heavy (non-hydrogen) atoms. The number of thiophene rings is 1. The standard InChI is InChI=1S/C14H12ClN3S/c1-7-4-3-5-9-10(7)13(16)18-14(17-9)12-11(15)8(2)6-19-12/h3-6H,1-2H3,(H2,16,17,18). The summed E-state index contributed by atoms with van der Waals surface area (Å²) in [6.07, 6.45) is 0. The van der Waals surface area contributed by atoms with Crippen molar-refractivity contribution < 1.29 is 0 Å². The summed E-state index contributed by atoms with van der Waals surface area (Å²) in [4.78, 5) is 9.85. The molecule has 0 saturated heterocycles. The molecule has 2 heterocycles. The molecule has 0 spiro atoms. The number of rotatable bonds is 1. The molecule has 2 N–H and O–H groups in total. The van der Waals surface area contributed by atoms with Crippen LogP contribution in [0.4, 0.5) is 5.82 Å². The zero-order chi connectivity index (χ0) is 13.6. The van der Waals surface area contributed by atoms with E-state index in [1.54, 1.807) is 0 Å². The number of fused-ring (bicyclic) bond motifs is 1. The number of aryl methyl sites for hydroxylation is 2. The van der Waals surface area contributed by atoms with E-state index in [0.717, 1.165) is 26.9 Å². The van der Waals surface area contributed by atoms with Crippen molar-refractivity contribution in [2.45, 2.75) is 13.8 Å². The van der Waals surface area contributed by atoms with Crippen molar-refractivity contribution in [2.24, 2.45) is 0 Å². The lowest BCUT2D eigenvalue weighted by molar-refractivity contribution is 1.24. The second-order valence-corrected chi connectivity index (χ2v) is 5.72. The zero-order valence-corrected chi connectivity index (χ0v) is 12.1. The second kappa shape index (κ2) is 4.47. The van der Waals surface area contributed by atoms with Crippen LogP contribution >= 0.6 is 22.9 Å². The third-order valence-corrected chi connectivity index (χ3v) is 4.75. The summed E-state index contributed by atoms with van der Waals surface area (Å²) in [6.45, 7) is 3.97. The molecule has 3 aromatic rings. The van der Waals surface area contributed by atoms with Crippen LogP contribution in [0.2, 0.25) is 5.02 Å². The number of nitrogens with two attached hydrogens (primary N) is 1. The molecule has 0 aliphatic heterocycles. The number of halogens is 1. The molecule has 3 nitrogen and oxygen atoms in total. The maximum Gasteiger partial charge on any atom is 0.173 e. The van der Waals surface area contributed by atoms with Crippen LogP contribution in [0.5, 0.6) is 0 Å². The van der Waals surface area contributed by atoms with Gasteiger partial charge in [-0.3, -0.25) is 0 Å². The van der Waals surface area contributed by atoms with Crippen LogP contribution in [0.1, 0.15) is 11.1 Å². The van der Waals surface area contributed by atoms with Crippen LogP contribution in [0.3, 0.4) is 0 Å². The van der Waals surface area contributed by atoms with Crippen molar-refractivity contribution in [3.63, 3.8) is 0 Å². The summed E-state index contributed by atoms with van der Waals surface area (Å²) in [5, 5.41) is 3.62. The van der Waals surface area contributed by atoms with Crippen molar-refractivity contribution in [1.82, 2.24) is 9.97 Å². The summed E-state index contributed by atoms with van der Waals surface area (Å²) < 4.78 is 0. The third-order valence-electron chi connectivity index (χ3n) is 3.06. The molecule has 0 radical (unpaired) electrons. The Morgan fingerprint density at radius 2 is 1.95 bits per heavy atom. The quantitative estimate of drug-likeness (QED) is 0.730. The molecule has 0 bridgehead atoms. The van der Waals surface area contributed by atoms with Crippen molar-refractivity contribution in [2.75, 3.05) is 5.73 Å². The number of hydrogen-bond acceptors (Lipinski definition) is 4. The zero-order valence-electron chi connectivity index (χ0n) is 10.6. The highest BCUT2D eigenvalue weighted by Crippen LogP contribution is 2.36. The topological polar surface area (TPSA) is 51.8 Å². The van der Waals surface area contributed by atoms with Gasteiger partial charge in [-0.2, -0.15) is 0 Å². The van der Waals surface area contributed by atoms with Gasteiger partial charge in [0.15, 0.2) is 5.82 Å². The molecule has 5 heteroatoms. The van der Waals surface area contributed by atoms with Gasteiger partial charge in [0.05, 0.1) is 15.4 Å². The predicted molar refractivity (Wildman–Crippen MR) is 81.7 cm³/mol. The minimum atomic E-state index is 0.500. The van der Waals surface area contributed by atoms with E-state index in [-0.39, 0.29) is 0 Å². The SMILES string of the molecule is Cc1csc(-c2nc(N)c3c(C)cccc3n2)c1Cl. The average Bonchev–Trinajstić information content (AvgIpc) is 2.69. The lowest BCUT2D eigenvalue weighted by Gasteiger charge is -2.06. The van der Waals surface area contributed by atoms with Crippen molar-refractivity contribution in [3.8, 4) is 10.7 Å². The van der Waals surface area contributed by atoms with Gasteiger partial charge < -0.3 is 5.73 Å². The highest BCUT2D eigenvalue weighted by molar-refractivity contribution is 7.14. The maximum absolute atomic E-state index is 6.27. The van der Waals surface area contributed by atoms with Gasteiger partial charge in [-0.05, 0) is 36.4 Å². The molecule has 0 unspecified atom stereocenters. The molecule has 96 valence electrons. The van der Waals surface area contributed by atoms with Crippen LogP contribution in [-0.2, 0) is 0 Å². The summed E-state index contributed by atoms with van der Waals surface area (Å²) in [5.74, 6) is 1.10. The second-order valence-electron chi connectivity index (χ2n) is 4.46. The van der Waals surface area contributed by atoms with E-state index < -0.39 is 0 Å². The Morgan fingerprint density at radius 3 is 2.63 bits per heavy atom. The number of nitrogens with zero attached hydrogens (tertiary/aromatic N) is 2. The minimum Gasteiger partial charge on any atom is -0.383 e. The van der Waals surface area contributed by atoms with Crippen molar-refractivity contribution in [1.29, 1.82) is 0 Å². The molecule has 0 fully saturated rings. The van der Waals surface area contributed by atoms with E-state index in [0.29, 0.717) is 16.7 Å². The molecule has 0 aliphatic carbocycles. The lowest BCUT2D eigenvalue weighted by atomic mass is 10.1. The highest BCUT2D eigenvalue weighted by Gasteiger charge is 2.14. The van der Waals surface area contributed by atoms with E-state index in [9.17, 15) is 0 Å². The first-order valence-corrected chi connectivity index (χ1v) is 7.10. The van der Waals surface area contributed by atoms with Gasteiger partial charge in [0.2, 0.25) is 0 Å². The molecule has 1 aromatic carbocycles. The van der Waals surface area contributed by atoms with E-state index in [2.05, 4.69) is 9.97 Å². The Balaban J connectivity index is 2.30. The molecule has 0 atom stereocenters. The normalized spacial score (nSPS) is 11.1. The monoisotopic (exact) mass is 289 g/mol. The van der Waals surface area contributed by atoms with E-state index in [1.807, 2.05) is 37.4 Å². The molecule has 0 aliphatic rings. The summed E-state index contributed by atoms with van der Waals surface area (Å²) in [6, 6.07) is 5.91. The lowest BCUT2D eigenvalue weighted by Crippen LogP contribution is -1.98. The van der Waals surface area contributed by atoms with Crippen LogP contribution in [0.25, 0.3) is 21.6 Å². The van der Waals surface area contributed by atoms with Crippen LogP contribution < -0.4 is 5.73 Å². The fourth-order valence-corrected chi connectivity index (χ4v) is 3.28. The molecular weight excluding hydrogens is 278 g/mol. The number of nitrogen functional groups attached to an aromatic ring is 1. The van der Waals surface area contributed by atoms with Gasteiger partial charge >= 0.3 is 0 Å². The maximum atomic E-state index is 6.27. The number of anilines is 1. The van der Waals surface area contributed by atoms with Gasteiger partial charge in [0.25, 0.3) is 0 Å². The first-order chi connectivity index (χ1) is 9.08. The van der Waals surface area contributed by atoms with Gasteiger partial charge in [0.1, 0.15) is 5.82 Å². The smallest absolute Gasteiger partial charge is 0.173 e. The van der Waals surface area contributed by atoms with E-state index >= 15 is 0 Å². The predicted octanol–water partition coefficient (Wildman–Crippen LogP) is 4.21. The largest absolute Gasteiger partial charge is 0.383 e. The summed E-state index contributed by atoms with van der Waals surface area (Å²) in [5.41, 5.74) is 9.03. The Morgan fingerprint density at radius 1 is 1.16 bits per heavy atom. The van der Waals surface area contributed by atoms with Gasteiger partial charge in [0, 0.05) is 5.39 Å². The Labute approximate surface area is 120 Å². The Hall–Kier alpha value is -1.65.